The van der Waals surface area contributed by atoms with Crippen molar-refractivity contribution in [2.75, 3.05) is 10.2 Å². The summed E-state index contributed by atoms with van der Waals surface area (Å²) in [6.07, 6.45) is 0. The number of imide groups is 1. The van der Waals surface area contributed by atoms with E-state index in [1.807, 2.05) is 22.9 Å². The molecule has 4 aromatic rings. The standard InChI is InChI=1S/C22H13N3O3S2/c26-19(24-22-23-17(12-30-22)18-6-3-11-29-18)13-7-9-14(10-8-13)25-20(27)15-4-1-2-5-16(15)21(25)28/h1-12H,(H,23,24,26). The van der Waals surface area contributed by atoms with E-state index in [4.69, 9.17) is 0 Å². The lowest BCUT2D eigenvalue weighted by atomic mass is 10.1. The second-order valence-electron chi connectivity index (χ2n) is 6.51. The predicted octanol–water partition coefficient (Wildman–Crippen LogP) is 4.92. The Balaban J connectivity index is 1.33. The topological polar surface area (TPSA) is 79.4 Å². The molecule has 0 fully saturated rings. The van der Waals surface area contributed by atoms with E-state index < -0.39 is 0 Å². The summed E-state index contributed by atoms with van der Waals surface area (Å²) < 4.78 is 0. The lowest BCUT2D eigenvalue weighted by Gasteiger charge is -2.14. The van der Waals surface area contributed by atoms with Crippen molar-refractivity contribution in [3.8, 4) is 10.6 Å². The number of thiophene rings is 1. The third-order valence-electron chi connectivity index (χ3n) is 4.68. The summed E-state index contributed by atoms with van der Waals surface area (Å²) in [5.41, 5.74) is 2.42. The summed E-state index contributed by atoms with van der Waals surface area (Å²) in [6.45, 7) is 0. The minimum Gasteiger partial charge on any atom is -0.298 e. The van der Waals surface area contributed by atoms with Crippen LogP contribution >= 0.6 is 22.7 Å². The first kappa shape index (κ1) is 18.4. The number of amides is 3. The Labute approximate surface area is 179 Å². The van der Waals surface area contributed by atoms with E-state index in [1.165, 1.54) is 11.3 Å². The number of hydrogen-bond acceptors (Lipinski definition) is 6. The number of nitrogens with zero attached hydrogens (tertiary/aromatic N) is 2. The summed E-state index contributed by atoms with van der Waals surface area (Å²) >= 11 is 2.94. The van der Waals surface area contributed by atoms with Gasteiger partial charge < -0.3 is 0 Å². The van der Waals surface area contributed by atoms with Crippen molar-refractivity contribution < 1.29 is 14.4 Å². The van der Waals surface area contributed by atoms with Crippen LogP contribution < -0.4 is 10.2 Å². The molecule has 2 aromatic heterocycles. The Bertz CT molecular complexity index is 1240. The largest absolute Gasteiger partial charge is 0.298 e. The Morgan fingerprint density at radius 2 is 1.57 bits per heavy atom. The summed E-state index contributed by atoms with van der Waals surface area (Å²) in [5, 5.41) is 7.16. The average Bonchev–Trinajstić information content (AvgIpc) is 3.50. The van der Waals surface area contributed by atoms with E-state index in [1.54, 1.807) is 59.9 Å². The van der Waals surface area contributed by atoms with Crippen LogP contribution in [0.4, 0.5) is 10.8 Å². The van der Waals surface area contributed by atoms with Gasteiger partial charge in [-0.3, -0.25) is 19.7 Å². The maximum Gasteiger partial charge on any atom is 0.266 e. The Morgan fingerprint density at radius 1 is 0.867 bits per heavy atom. The third kappa shape index (κ3) is 3.12. The molecule has 3 heterocycles. The van der Waals surface area contributed by atoms with Crippen molar-refractivity contribution in [1.82, 2.24) is 4.98 Å². The molecule has 0 saturated carbocycles. The number of rotatable bonds is 4. The van der Waals surface area contributed by atoms with E-state index in [2.05, 4.69) is 10.3 Å². The van der Waals surface area contributed by atoms with Crippen LogP contribution in [0.15, 0.2) is 71.4 Å². The fourth-order valence-electron chi connectivity index (χ4n) is 3.22. The molecule has 1 aliphatic heterocycles. The van der Waals surface area contributed by atoms with Crippen LogP contribution in [0.1, 0.15) is 31.1 Å². The van der Waals surface area contributed by atoms with Gasteiger partial charge in [0.1, 0.15) is 0 Å². The van der Waals surface area contributed by atoms with Crippen LogP contribution in [-0.2, 0) is 0 Å². The lowest BCUT2D eigenvalue weighted by Crippen LogP contribution is -2.29. The van der Waals surface area contributed by atoms with Crippen LogP contribution in [-0.4, -0.2) is 22.7 Å². The predicted molar refractivity (Wildman–Crippen MR) is 117 cm³/mol. The quantitative estimate of drug-likeness (QED) is 0.465. The number of carbonyl (C=O) groups excluding carboxylic acids is 3. The van der Waals surface area contributed by atoms with Crippen molar-refractivity contribution in [3.63, 3.8) is 0 Å². The molecule has 0 radical (unpaired) electrons. The minimum absolute atomic E-state index is 0.309. The first-order chi connectivity index (χ1) is 14.6. The van der Waals surface area contributed by atoms with Crippen LogP contribution in [0.3, 0.4) is 0 Å². The van der Waals surface area contributed by atoms with Crippen molar-refractivity contribution in [3.05, 3.63) is 88.1 Å². The van der Waals surface area contributed by atoms with Gasteiger partial charge in [0.05, 0.1) is 27.4 Å². The van der Waals surface area contributed by atoms with Gasteiger partial charge in [0.25, 0.3) is 17.7 Å². The van der Waals surface area contributed by atoms with Gasteiger partial charge in [-0.1, -0.05) is 18.2 Å². The van der Waals surface area contributed by atoms with E-state index in [9.17, 15) is 14.4 Å². The number of benzene rings is 2. The number of hydrogen-bond donors (Lipinski definition) is 1. The number of aromatic nitrogens is 1. The summed E-state index contributed by atoms with van der Waals surface area (Å²) in [7, 11) is 0. The molecular weight excluding hydrogens is 418 g/mol. The van der Waals surface area contributed by atoms with E-state index in [-0.39, 0.29) is 17.7 Å². The minimum atomic E-state index is -0.364. The molecule has 6 nitrogen and oxygen atoms in total. The van der Waals surface area contributed by atoms with Crippen LogP contribution in [0.5, 0.6) is 0 Å². The summed E-state index contributed by atoms with van der Waals surface area (Å²) in [5.74, 6) is -1.04. The Kier molecular flexibility index (Phi) is 4.50. The number of nitrogens with one attached hydrogen (secondary N) is 1. The highest BCUT2D eigenvalue weighted by Gasteiger charge is 2.36. The van der Waals surface area contributed by atoms with Crippen molar-refractivity contribution in [1.29, 1.82) is 0 Å². The number of anilines is 2. The van der Waals surface area contributed by atoms with Gasteiger partial charge in [0, 0.05) is 10.9 Å². The van der Waals surface area contributed by atoms with E-state index >= 15 is 0 Å². The van der Waals surface area contributed by atoms with Gasteiger partial charge in [-0.25, -0.2) is 9.88 Å². The fraction of sp³-hybridized carbons (Fsp3) is 0. The molecule has 0 atom stereocenters. The third-order valence-corrected chi connectivity index (χ3v) is 6.33. The molecule has 0 bridgehead atoms. The number of fused-ring (bicyclic) bond motifs is 1. The molecule has 1 aliphatic rings. The molecule has 0 aliphatic carbocycles. The van der Waals surface area contributed by atoms with Gasteiger partial charge in [-0.15, -0.1) is 22.7 Å². The molecule has 1 N–H and O–H groups in total. The molecule has 8 heteroatoms. The average molecular weight is 431 g/mol. The highest BCUT2D eigenvalue weighted by Crippen LogP contribution is 2.30. The summed E-state index contributed by atoms with van der Waals surface area (Å²) in [4.78, 5) is 44.3. The number of thiazole rings is 1. The molecule has 5 rings (SSSR count). The summed E-state index contributed by atoms with van der Waals surface area (Å²) in [6, 6.07) is 17.0. The van der Waals surface area contributed by atoms with E-state index in [0.29, 0.717) is 27.5 Å². The second-order valence-corrected chi connectivity index (χ2v) is 8.31. The number of carbonyl (C=O) groups is 3. The van der Waals surface area contributed by atoms with Crippen molar-refractivity contribution in [2.45, 2.75) is 0 Å². The van der Waals surface area contributed by atoms with Crippen LogP contribution in [0.2, 0.25) is 0 Å². The zero-order valence-electron chi connectivity index (χ0n) is 15.4. The van der Waals surface area contributed by atoms with Crippen molar-refractivity contribution >= 4 is 51.2 Å². The molecule has 0 unspecified atom stereocenters. The van der Waals surface area contributed by atoms with Gasteiger partial charge in [0.15, 0.2) is 5.13 Å². The van der Waals surface area contributed by atoms with Gasteiger partial charge in [-0.2, -0.15) is 0 Å². The van der Waals surface area contributed by atoms with E-state index in [0.717, 1.165) is 15.5 Å². The molecule has 2 aromatic carbocycles. The fourth-order valence-corrected chi connectivity index (χ4v) is 4.69. The zero-order valence-corrected chi connectivity index (χ0v) is 17.0. The SMILES string of the molecule is O=C(Nc1nc(-c2cccs2)cs1)c1ccc(N2C(=O)c3ccccc3C2=O)cc1. The zero-order chi connectivity index (χ0) is 20.7. The monoisotopic (exact) mass is 431 g/mol. The van der Waals surface area contributed by atoms with Gasteiger partial charge >= 0.3 is 0 Å². The van der Waals surface area contributed by atoms with Crippen LogP contribution in [0.25, 0.3) is 10.6 Å². The van der Waals surface area contributed by atoms with Crippen LogP contribution in [0, 0.1) is 0 Å². The molecule has 146 valence electrons. The molecule has 30 heavy (non-hydrogen) atoms. The Hall–Kier alpha value is -3.62. The highest BCUT2D eigenvalue weighted by atomic mass is 32.1. The molecule has 3 amide bonds. The maximum absolute atomic E-state index is 12.6. The lowest BCUT2D eigenvalue weighted by molar-refractivity contribution is 0.0925. The smallest absolute Gasteiger partial charge is 0.266 e. The Morgan fingerprint density at radius 3 is 2.20 bits per heavy atom. The maximum atomic E-state index is 12.6. The second kappa shape index (κ2) is 7.33. The van der Waals surface area contributed by atoms with Gasteiger partial charge in [0.2, 0.25) is 0 Å². The molecule has 0 saturated heterocycles. The first-order valence-corrected chi connectivity index (χ1v) is 10.8. The molecular formula is C22H13N3O3S2. The van der Waals surface area contributed by atoms with Crippen molar-refractivity contribution in [2.24, 2.45) is 0 Å². The normalized spacial score (nSPS) is 12.9. The molecule has 0 spiro atoms. The highest BCUT2D eigenvalue weighted by molar-refractivity contribution is 7.16. The van der Waals surface area contributed by atoms with Gasteiger partial charge in [-0.05, 0) is 47.8 Å². The first-order valence-electron chi connectivity index (χ1n) is 9.00.